The summed E-state index contributed by atoms with van der Waals surface area (Å²) >= 11 is 1.78. The van der Waals surface area contributed by atoms with Gasteiger partial charge in [0.1, 0.15) is 0 Å². The number of carbonyl (C=O) groups is 1. The average molecular weight is 209 g/mol. The molecular weight excluding hydrogens is 194 g/mol. The Hall–Kier alpha value is -0.800. The van der Waals surface area contributed by atoms with Crippen LogP contribution in [0, 0.1) is 0 Å². The monoisotopic (exact) mass is 209 g/mol. The van der Waals surface area contributed by atoms with Gasteiger partial charge in [-0.2, -0.15) is 0 Å². The van der Waals surface area contributed by atoms with E-state index in [-0.39, 0.29) is 5.78 Å². The van der Waals surface area contributed by atoms with E-state index in [2.05, 4.69) is 12.2 Å². The minimum atomic E-state index is 0.139. The van der Waals surface area contributed by atoms with Crippen LogP contribution >= 0.6 is 11.8 Å². The van der Waals surface area contributed by atoms with Crippen molar-refractivity contribution in [3.8, 4) is 0 Å². The van der Waals surface area contributed by atoms with E-state index in [1.54, 1.807) is 18.8 Å². The van der Waals surface area contributed by atoms with Crippen LogP contribution in [0.5, 0.6) is 0 Å². The van der Waals surface area contributed by atoms with Crippen LogP contribution < -0.4 is 5.32 Å². The number of ketones is 1. The molecule has 0 amide bonds. The van der Waals surface area contributed by atoms with Crippen LogP contribution in [0.2, 0.25) is 0 Å². The Morgan fingerprint density at radius 1 is 1.36 bits per heavy atom. The van der Waals surface area contributed by atoms with E-state index < -0.39 is 0 Å². The summed E-state index contributed by atoms with van der Waals surface area (Å²) in [5.41, 5.74) is 0.778. The van der Waals surface area contributed by atoms with Crippen LogP contribution in [0.25, 0.3) is 0 Å². The number of hydrogen-bond donors (Lipinski definition) is 1. The maximum absolute atomic E-state index is 11.4. The van der Waals surface area contributed by atoms with Crippen molar-refractivity contribution in [3.63, 3.8) is 0 Å². The molecule has 0 bridgehead atoms. The topological polar surface area (TPSA) is 29.1 Å². The zero-order valence-corrected chi connectivity index (χ0v) is 9.36. The van der Waals surface area contributed by atoms with E-state index in [1.807, 2.05) is 24.3 Å². The van der Waals surface area contributed by atoms with Gasteiger partial charge >= 0.3 is 0 Å². The normalized spacial score (nSPS) is 10.1. The van der Waals surface area contributed by atoms with Gasteiger partial charge in [0.25, 0.3) is 0 Å². The van der Waals surface area contributed by atoms with Gasteiger partial charge in [0.05, 0.1) is 6.54 Å². The van der Waals surface area contributed by atoms with Gasteiger partial charge in [-0.15, -0.1) is 11.8 Å². The molecule has 0 saturated carbocycles. The molecule has 0 radical (unpaired) electrons. The largest absolute Gasteiger partial charge is 0.313 e. The molecule has 0 unspecified atom stereocenters. The number of rotatable bonds is 5. The molecule has 1 N–H and O–H groups in total. The molecule has 0 aromatic heterocycles. The first-order valence-electron chi connectivity index (χ1n) is 4.68. The summed E-state index contributed by atoms with van der Waals surface area (Å²) in [6.07, 6.45) is 0. The van der Waals surface area contributed by atoms with E-state index in [4.69, 9.17) is 0 Å². The number of likely N-dealkylation sites (N-methyl/N-ethyl adjacent to an activating group) is 1. The van der Waals surface area contributed by atoms with Crippen molar-refractivity contribution in [3.05, 3.63) is 29.8 Å². The highest BCUT2D eigenvalue weighted by Gasteiger charge is 2.03. The maximum atomic E-state index is 11.4. The van der Waals surface area contributed by atoms with Gasteiger partial charge in [-0.3, -0.25) is 4.79 Å². The molecule has 1 aromatic carbocycles. The third-order valence-electron chi connectivity index (χ3n) is 1.82. The molecule has 0 atom stereocenters. The fourth-order valence-corrected chi connectivity index (χ4v) is 1.83. The Labute approximate surface area is 89.1 Å². The Kier molecular flexibility index (Phi) is 4.70. The van der Waals surface area contributed by atoms with E-state index in [0.29, 0.717) is 6.54 Å². The zero-order chi connectivity index (χ0) is 10.4. The van der Waals surface area contributed by atoms with Gasteiger partial charge in [-0.1, -0.05) is 19.1 Å². The molecule has 0 spiro atoms. The van der Waals surface area contributed by atoms with Gasteiger partial charge in [-0.25, -0.2) is 0 Å². The van der Waals surface area contributed by atoms with Crippen molar-refractivity contribution in [1.29, 1.82) is 0 Å². The molecule has 3 heteroatoms. The number of nitrogens with one attached hydrogen (secondary N) is 1. The summed E-state index contributed by atoms with van der Waals surface area (Å²) in [5.74, 6) is 1.20. The van der Waals surface area contributed by atoms with Crippen molar-refractivity contribution in [2.45, 2.75) is 11.8 Å². The smallest absolute Gasteiger partial charge is 0.176 e. The van der Waals surface area contributed by atoms with Crippen molar-refractivity contribution in [2.24, 2.45) is 0 Å². The molecule has 1 rings (SSSR count). The van der Waals surface area contributed by atoms with Crippen LogP contribution in [0.4, 0.5) is 0 Å². The third-order valence-corrected chi connectivity index (χ3v) is 2.72. The molecule has 0 fully saturated rings. The van der Waals surface area contributed by atoms with Gasteiger partial charge in [0, 0.05) is 10.5 Å². The Morgan fingerprint density at radius 3 is 2.50 bits per heavy atom. The van der Waals surface area contributed by atoms with Crippen molar-refractivity contribution in [1.82, 2.24) is 5.32 Å². The predicted octanol–water partition coefficient (Wildman–Crippen LogP) is 2.20. The third kappa shape index (κ3) is 3.16. The number of Topliss-reactive ketones (excluding diaryl/α,β-unsaturated/α-hetero) is 1. The minimum Gasteiger partial charge on any atom is -0.313 e. The maximum Gasteiger partial charge on any atom is 0.176 e. The number of thioether (sulfide) groups is 1. The van der Waals surface area contributed by atoms with Crippen molar-refractivity contribution < 1.29 is 4.79 Å². The first-order chi connectivity index (χ1) is 6.77. The first-order valence-corrected chi connectivity index (χ1v) is 5.67. The summed E-state index contributed by atoms with van der Waals surface area (Å²) in [6, 6.07) is 7.77. The first kappa shape index (κ1) is 11.3. The average Bonchev–Trinajstić information content (AvgIpc) is 2.20. The molecule has 0 saturated heterocycles. The van der Waals surface area contributed by atoms with Gasteiger partial charge in [-0.05, 0) is 24.9 Å². The molecule has 1 aromatic rings. The van der Waals surface area contributed by atoms with Gasteiger partial charge in [0.15, 0.2) is 5.78 Å². The lowest BCUT2D eigenvalue weighted by Gasteiger charge is -2.01. The van der Waals surface area contributed by atoms with Crippen molar-refractivity contribution >= 4 is 17.5 Å². The molecule has 0 aliphatic rings. The summed E-state index contributed by atoms with van der Waals surface area (Å²) in [7, 11) is 1.78. The second-order valence-electron chi connectivity index (χ2n) is 2.91. The Balaban J connectivity index is 2.67. The fraction of sp³-hybridized carbons (Fsp3) is 0.364. The lowest BCUT2D eigenvalue weighted by atomic mass is 10.1. The fourth-order valence-electron chi connectivity index (χ4n) is 1.17. The Morgan fingerprint density at radius 2 is 2.00 bits per heavy atom. The minimum absolute atomic E-state index is 0.139. The number of carbonyl (C=O) groups excluding carboxylic acids is 1. The van der Waals surface area contributed by atoms with E-state index in [9.17, 15) is 4.79 Å². The highest BCUT2D eigenvalue weighted by atomic mass is 32.2. The highest BCUT2D eigenvalue weighted by molar-refractivity contribution is 7.99. The second-order valence-corrected chi connectivity index (χ2v) is 4.25. The van der Waals surface area contributed by atoms with Crippen LogP contribution in [0.15, 0.2) is 29.2 Å². The van der Waals surface area contributed by atoms with Gasteiger partial charge < -0.3 is 5.32 Å². The summed E-state index contributed by atoms with van der Waals surface area (Å²) in [6.45, 7) is 2.52. The van der Waals surface area contributed by atoms with Crippen LogP contribution in [0.1, 0.15) is 17.3 Å². The summed E-state index contributed by atoms with van der Waals surface area (Å²) < 4.78 is 0. The van der Waals surface area contributed by atoms with E-state index in [0.717, 1.165) is 11.3 Å². The highest BCUT2D eigenvalue weighted by Crippen LogP contribution is 2.17. The molecule has 0 aliphatic carbocycles. The van der Waals surface area contributed by atoms with Crippen LogP contribution in [0.3, 0.4) is 0 Å². The summed E-state index contributed by atoms with van der Waals surface area (Å²) in [4.78, 5) is 12.7. The number of hydrogen-bond acceptors (Lipinski definition) is 3. The second kappa shape index (κ2) is 5.83. The molecule has 14 heavy (non-hydrogen) atoms. The summed E-state index contributed by atoms with van der Waals surface area (Å²) in [5, 5.41) is 2.85. The van der Waals surface area contributed by atoms with E-state index in [1.165, 1.54) is 4.90 Å². The zero-order valence-electron chi connectivity index (χ0n) is 8.54. The lowest BCUT2D eigenvalue weighted by molar-refractivity contribution is 0.0993. The molecular formula is C11H15NOS. The quantitative estimate of drug-likeness (QED) is 0.595. The van der Waals surface area contributed by atoms with Crippen LogP contribution in [-0.4, -0.2) is 25.1 Å². The van der Waals surface area contributed by atoms with Crippen molar-refractivity contribution in [2.75, 3.05) is 19.3 Å². The molecule has 0 heterocycles. The molecule has 0 aliphatic heterocycles. The van der Waals surface area contributed by atoms with E-state index >= 15 is 0 Å². The Bertz CT molecular complexity index is 295. The number of benzene rings is 1. The molecule has 2 nitrogen and oxygen atoms in total. The standard InChI is InChI=1S/C11H15NOS/c1-3-14-10-6-4-9(5-7-10)11(13)8-12-2/h4-7,12H,3,8H2,1-2H3. The SMILES string of the molecule is CCSc1ccc(C(=O)CNC)cc1. The lowest BCUT2D eigenvalue weighted by Crippen LogP contribution is -2.18. The molecule has 76 valence electrons. The van der Waals surface area contributed by atoms with Gasteiger partial charge in [0.2, 0.25) is 0 Å². The van der Waals surface area contributed by atoms with Crippen LogP contribution in [-0.2, 0) is 0 Å². The predicted molar refractivity (Wildman–Crippen MR) is 61.1 cm³/mol.